The first-order valence-electron chi connectivity index (χ1n) is 7.87. The smallest absolute Gasteiger partial charge is 0.305 e. The van der Waals surface area contributed by atoms with E-state index in [1.165, 1.54) is 12.8 Å². The number of carbonyl (C=O) groups excluding carboxylic acids is 2. The summed E-state index contributed by atoms with van der Waals surface area (Å²) in [6.07, 6.45) is 7.04. The first kappa shape index (κ1) is 15.8. The van der Waals surface area contributed by atoms with Gasteiger partial charge in [0.25, 0.3) is 0 Å². The lowest BCUT2D eigenvalue weighted by Crippen LogP contribution is -2.38. The zero-order valence-electron chi connectivity index (χ0n) is 12.3. The summed E-state index contributed by atoms with van der Waals surface area (Å²) in [5, 5.41) is 11.2. The minimum Gasteiger partial charge on any atom is -0.481 e. The van der Waals surface area contributed by atoms with Gasteiger partial charge < -0.3 is 15.3 Å². The summed E-state index contributed by atoms with van der Waals surface area (Å²) in [5.74, 6) is -1.38. The van der Waals surface area contributed by atoms with Crippen LogP contribution in [0.3, 0.4) is 0 Å². The Labute approximate surface area is 124 Å². The normalized spacial score (nSPS) is 23.9. The van der Waals surface area contributed by atoms with Crippen LogP contribution in [0.4, 0.5) is 0 Å². The molecule has 0 unspecified atom stereocenters. The van der Waals surface area contributed by atoms with E-state index in [1.807, 2.05) is 4.90 Å². The molecule has 0 aromatic carbocycles. The average molecular weight is 296 g/mol. The standard InChI is InChI=1S/C15H24N2O4/c18-13-9-11(15(21)16-8-7-14(19)20)10-17(13)12-5-3-1-2-4-6-12/h11-12H,1-10H2,(H,16,21)(H,19,20)/t11-/m1/s1. The van der Waals surface area contributed by atoms with E-state index in [0.717, 1.165) is 25.7 Å². The van der Waals surface area contributed by atoms with Crippen LogP contribution >= 0.6 is 0 Å². The van der Waals surface area contributed by atoms with Crippen LogP contribution in [-0.4, -0.2) is 46.9 Å². The molecule has 2 rings (SSSR count). The van der Waals surface area contributed by atoms with E-state index in [0.29, 0.717) is 6.54 Å². The van der Waals surface area contributed by atoms with Gasteiger partial charge in [0.15, 0.2) is 0 Å². The van der Waals surface area contributed by atoms with Gasteiger partial charge in [-0.2, -0.15) is 0 Å². The zero-order valence-corrected chi connectivity index (χ0v) is 12.3. The Balaban J connectivity index is 1.83. The molecule has 2 amide bonds. The number of carboxylic acid groups (broad SMARTS) is 1. The van der Waals surface area contributed by atoms with Crippen molar-refractivity contribution in [2.45, 2.75) is 57.4 Å². The second-order valence-corrected chi connectivity index (χ2v) is 6.03. The van der Waals surface area contributed by atoms with E-state index in [4.69, 9.17) is 5.11 Å². The van der Waals surface area contributed by atoms with Crippen LogP contribution in [0.5, 0.6) is 0 Å². The molecule has 1 saturated carbocycles. The van der Waals surface area contributed by atoms with Crippen molar-refractivity contribution in [3.05, 3.63) is 0 Å². The van der Waals surface area contributed by atoms with E-state index in [9.17, 15) is 14.4 Å². The van der Waals surface area contributed by atoms with Gasteiger partial charge in [-0.15, -0.1) is 0 Å². The van der Waals surface area contributed by atoms with Gasteiger partial charge in [-0.25, -0.2) is 0 Å². The van der Waals surface area contributed by atoms with Crippen LogP contribution in [0.25, 0.3) is 0 Å². The maximum Gasteiger partial charge on any atom is 0.305 e. The molecule has 0 bridgehead atoms. The number of aliphatic carboxylic acids is 1. The molecule has 0 aromatic rings. The topological polar surface area (TPSA) is 86.7 Å². The second-order valence-electron chi connectivity index (χ2n) is 6.03. The molecule has 1 aliphatic heterocycles. The Morgan fingerprint density at radius 2 is 1.86 bits per heavy atom. The summed E-state index contributed by atoms with van der Waals surface area (Å²) in [7, 11) is 0. The fourth-order valence-corrected chi connectivity index (χ4v) is 3.27. The lowest BCUT2D eigenvalue weighted by atomic mass is 10.1. The molecule has 6 nitrogen and oxygen atoms in total. The highest BCUT2D eigenvalue weighted by Crippen LogP contribution is 2.28. The fourth-order valence-electron chi connectivity index (χ4n) is 3.27. The van der Waals surface area contributed by atoms with Crippen LogP contribution in [0.2, 0.25) is 0 Å². The van der Waals surface area contributed by atoms with Crippen LogP contribution in [0, 0.1) is 5.92 Å². The highest BCUT2D eigenvalue weighted by molar-refractivity contribution is 5.89. The quantitative estimate of drug-likeness (QED) is 0.745. The zero-order chi connectivity index (χ0) is 15.2. The molecule has 6 heteroatoms. The van der Waals surface area contributed by atoms with Gasteiger partial charge in [0.1, 0.15) is 0 Å². The Morgan fingerprint density at radius 3 is 2.48 bits per heavy atom. The highest BCUT2D eigenvalue weighted by Gasteiger charge is 2.37. The summed E-state index contributed by atoms with van der Waals surface area (Å²) >= 11 is 0. The average Bonchev–Trinajstić information content (AvgIpc) is 2.65. The molecule has 0 spiro atoms. The van der Waals surface area contributed by atoms with Crippen molar-refractivity contribution in [3.63, 3.8) is 0 Å². The van der Waals surface area contributed by atoms with Crippen molar-refractivity contribution in [2.75, 3.05) is 13.1 Å². The fraction of sp³-hybridized carbons (Fsp3) is 0.800. The Kier molecular flexibility index (Phi) is 5.59. The molecule has 1 aliphatic carbocycles. The number of hydrogen-bond acceptors (Lipinski definition) is 3. The van der Waals surface area contributed by atoms with Crippen molar-refractivity contribution >= 4 is 17.8 Å². The molecule has 118 valence electrons. The summed E-state index contributed by atoms with van der Waals surface area (Å²) in [5.41, 5.74) is 0. The van der Waals surface area contributed by atoms with Crippen LogP contribution in [0.15, 0.2) is 0 Å². The number of nitrogens with zero attached hydrogens (tertiary/aromatic N) is 1. The monoisotopic (exact) mass is 296 g/mol. The summed E-state index contributed by atoms with van der Waals surface area (Å²) < 4.78 is 0. The Bertz CT molecular complexity index is 402. The third-order valence-corrected chi connectivity index (χ3v) is 4.43. The lowest BCUT2D eigenvalue weighted by Gasteiger charge is -2.27. The van der Waals surface area contributed by atoms with Crippen molar-refractivity contribution in [1.29, 1.82) is 0 Å². The largest absolute Gasteiger partial charge is 0.481 e. The third-order valence-electron chi connectivity index (χ3n) is 4.43. The number of carbonyl (C=O) groups is 3. The Morgan fingerprint density at radius 1 is 1.19 bits per heavy atom. The molecule has 1 heterocycles. The third kappa shape index (κ3) is 4.44. The number of rotatable bonds is 5. The molecule has 2 fully saturated rings. The van der Waals surface area contributed by atoms with E-state index in [1.54, 1.807) is 0 Å². The molecule has 0 aromatic heterocycles. The minimum atomic E-state index is -0.933. The minimum absolute atomic E-state index is 0.0697. The molecule has 21 heavy (non-hydrogen) atoms. The first-order valence-corrected chi connectivity index (χ1v) is 7.87. The predicted molar refractivity (Wildman–Crippen MR) is 76.6 cm³/mol. The van der Waals surface area contributed by atoms with Gasteiger partial charge in [-0.1, -0.05) is 25.7 Å². The molecule has 2 N–H and O–H groups in total. The maximum atomic E-state index is 12.1. The van der Waals surface area contributed by atoms with E-state index in [-0.39, 0.29) is 43.2 Å². The van der Waals surface area contributed by atoms with Crippen LogP contribution < -0.4 is 5.32 Å². The van der Waals surface area contributed by atoms with E-state index in [2.05, 4.69) is 5.32 Å². The van der Waals surface area contributed by atoms with Gasteiger partial charge in [0.2, 0.25) is 11.8 Å². The first-order chi connectivity index (χ1) is 10.1. The SMILES string of the molecule is O=C(O)CCNC(=O)[C@@H]1CC(=O)N(C2CCCCCC2)C1. The van der Waals surface area contributed by atoms with Gasteiger partial charge in [-0.05, 0) is 12.8 Å². The van der Waals surface area contributed by atoms with Gasteiger partial charge in [0.05, 0.1) is 12.3 Å². The predicted octanol–water partition coefficient (Wildman–Crippen LogP) is 1.15. The van der Waals surface area contributed by atoms with Gasteiger partial charge in [0, 0.05) is 25.6 Å². The number of hydrogen-bond donors (Lipinski definition) is 2. The summed E-state index contributed by atoms with van der Waals surface area (Å²) in [6.45, 7) is 0.616. The summed E-state index contributed by atoms with van der Waals surface area (Å²) in [6, 6.07) is 0.289. The van der Waals surface area contributed by atoms with Crippen molar-refractivity contribution in [3.8, 4) is 0 Å². The van der Waals surface area contributed by atoms with Crippen LogP contribution in [-0.2, 0) is 14.4 Å². The number of amides is 2. The molecule has 2 aliphatic rings. The second kappa shape index (κ2) is 7.43. The van der Waals surface area contributed by atoms with Crippen molar-refractivity contribution < 1.29 is 19.5 Å². The van der Waals surface area contributed by atoms with Crippen LogP contribution in [0.1, 0.15) is 51.4 Å². The van der Waals surface area contributed by atoms with Gasteiger partial charge in [-0.3, -0.25) is 14.4 Å². The lowest BCUT2D eigenvalue weighted by molar-refractivity contribution is -0.137. The van der Waals surface area contributed by atoms with Crippen molar-refractivity contribution in [1.82, 2.24) is 10.2 Å². The van der Waals surface area contributed by atoms with E-state index >= 15 is 0 Å². The van der Waals surface area contributed by atoms with E-state index < -0.39 is 5.97 Å². The maximum absolute atomic E-state index is 12.1. The summed E-state index contributed by atoms with van der Waals surface area (Å²) in [4.78, 5) is 36.4. The Hall–Kier alpha value is -1.59. The highest BCUT2D eigenvalue weighted by atomic mass is 16.4. The van der Waals surface area contributed by atoms with Gasteiger partial charge >= 0.3 is 5.97 Å². The number of carboxylic acids is 1. The molecular weight excluding hydrogens is 272 g/mol. The van der Waals surface area contributed by atoms with Crippen molar-refractivity contribution in [2.24, 2.45) is 5.92 Å². The molecular formula is C15H24N2O4. The number of nitrogens with one attached hydrogen (secondary N) is 1. The molecule has 0 radical (unpaired) electrons. The number of likely N-dealkylation sites (tertiary alicyclic amines) is 1. The molecule has 1 saturated heterocycles. The molecule has 1 atom stereocenters.